The highest BCUT2D eigenvalue weighted by atomic mass is 16.5. The number of para-hydroxylation sites is 1. The minimum Gasteiger partial charge on any atom is -0.454 e. The van der Waals surface area contributed by atoms with Crippen LogP contribution in [0.5, 0.6) is 11.5 Å². The largest absolute Gasteiger partial charge is 0.454 e. The zero-order valence-corrected chi connectivity index (χ0v) is 15.3. The number of amidine groups is 1. The number of aryl methyl sites for hydroxylation is 1. The number of rotatable bonds is 0. The van der Waals surface area contributed by atoms with Crippen molar-refractivity contribution in [3.05, 3.63) is 53.6 Å². The lowest BCUT2D eigenvalue weighted by molar-refractivity contribution is 0.0805. The predicted molar refractivity (Wildman–Crippen MR) is 105 cm³/mol. The summed E-state index contributed by atoms with van der Waals surface area (Å²) >= 11 is 0. The molecule has 0 bridgehead atoms. The highest BCUT2D eigenvalue weighted by Crippen LogP contribution is 2.39. The highest BCUT2D eigenvalue weighted by Gasteiger charge is 2.32. The topological polar surface area (TPSA) is 28.1 Å². The molecule has 0 N–H and O–H groups in total. The highest BCUT2D eigenvalue weighted by molar-refractivity contribution is 6.03. The first-order chi connectivity index (χ1) is 12.8. The van der Waals surface area contributed by atoms with E-state index in [0.29, 0.717) is 6.04 Å². The fourth-order valence-electron chi connectivity index (χ4n) is 4.42. The van der Waals surface area contributed by atoms with Crippen molar-refractivity contribution in [3.63, 3.8) is 0 Å². The van der Waals surface area contributed by atoms with E-state index >= 15 is 0 Å². The van der Waals surface area contributed by atoms with Crippen LogP contribution in [0.25, 0.3) is 0 Å². The quantitative estimate of drug-likeness (QED) is 0.709. The first-order valence-electron chi connectivity index (χ1n) is 9.73. The molecule has 0 saturated carbocycles. The first kappa shape index (κ1) is 15.9. The van der Waals surface area contributed by atoms with Gasteiger partial charge in [-0.25, -0.2) is 4.99 Å². The van der Waals surface area contributed by atoms with E-state index in [2.05, 4.69) is 47.1 Å². The summed E-state index contributed by atoms with van der Waals surface area (Å²) in [6.45, 7) is 6.59. The Morgan fingerprint density at radius 2 is 1.92 bits per heavy atom. The number of hydrogen-bond acceptors (Lipinski definition) is 4. The number of hydrogen-bond donors (Lipinski definition) is 0. The lowest BCUT2D eigenvalue weighted by atomic mass is 9.99. The number of piperidine rings is 1. The van der Waals surface area contributed by atoms with Gasteiger partial charge in [-0.05, 0) is 56.1 Å². The molecule has 0 aromatic heterocycles. The molecule has 0 radical (unpaired) electrons. The fraction of sp³-hybridized carbons (Fsp3) is 0.409. The third-order valence-electron chi connectivity index (χ3n) is 5.83. The summed E-state index contributed by atoms with van der Waals surface area (Å²) < 4.78 is 6.23. The minimum atomic E-state index is 0.661. The van der Waals surface area contributed by atoms with E-state index in [1.54, 1.807) is 0 Å². The average molecular weight is 347 g/mol. The van der Waals surface area contributed by atoms with Gasteiger partial charge in [0, 0.05) is 25.7 Å². The monoisotopic (exact) mass is 347 g/mol. The van der Waals surface area contributed by atoms with Crippen molar-refractivity contribution in [3.8, 4) is 11.5 Å². The first-order valence-corrected chi connectivity index (χ1v) is 9.73. The summed E-state index contributed by atoms with van der Waals surface area (Å²) in [5, 5.41) is 0. The van der Waals surface area contributed by atoms with Crippen LogP contribution in [0.3, 0.4) is 0 Å². The Morgan fingerprint density at radius 1 is 1.00 bits per heavy atom. The van der Waals surface area contributed by atoms with Gasteiger partial charge in [0.05, 0.1) is 5.56 Å². The molecule has 5 rings (SSSR count). The van der Waals surface area contributed by atoms with Gasteiger partial charge < -0.3 is 9.64 Å². The molecule has 0 aliphatic carbocycles. The van der Waals surface area contributed by atoms with Gasteiger partial charge in [-0.3, -0.25) is 4.90 Å². The Bertz CT molecular complexity index is 860. The molecule has 0 amide bonds. The maximum Gasteiger partial charge on any atom is 0.153 e. The van der Waals surface area contributed by atoms with Gasteiger partial charge in [-0.1, -0.05) is 24.6 Å². The second-order valence-corrected chi connectivity index (χ2v) is 7.64. The molecule has 1 unspecified atom stereocenters. The summed E-state index contributed by atoms with van der Waals surface area (Å²) in [6.07, 6.45) is 4.00. The van der Waals surface area contributed by atoms with Gasteiger partial charge in [-0.15, -0.1) is 0 Å². The number of fused-ring (bicyclic) bond motifs is 3. The molecule has 26 heavy (non-hydrogen) atoms. The second kappa shape index (κ2) is 6.44. The molecule has 134 valence electrons. The third kappa shape index (κ3) is 2.78. The molecule has 2 aromatic rings. The van der Waals surface area contributed by atoms with Crippen molar-refractivity contribution in [2.75, 3.05) is 26.2 Å². The van der Waals surface area contributed by atoms with Crippen LogP contribution in [0.15, 0.2) is 47.5 Å². The SMILES string of the molecule is Cc1ccc2c(c1)N=C(N1CCN3CCCCC3C1)c1ccccc1O2. The Hall–Kier alpha value is -2.33. The van der Waals surface area contributed by atoms with Gasteiger partial charge in [0.25, 0.3) is 0 Å². The van der Waals surface area contributed by atoms with Crippen LogP contribution in [0.4, 0.5) is 5.69 Å². The van der Waals surface area contributed by atoms with E-state index in [1.807, 2.05) is 12.1 Å². The summed E-state index contributed by atoms with van der Waals surface area (Å²) in [5.74, 6) is 2.81. The number of aliphatic imine (C=N–C) groups is 1. The van der Waals surface area contributed by atoms with Crippen molar-refractivity contribution >= 4 is 11.5 Å². The van der Waals surface area contributed by atoms with Crippen molar-refractivity contribution in [1.29, 1.82) is 0 Å². The molecular weight excluding hydrogens is 322 g/mol. The van der Waals surface area contributed by atoms with Crippen LogP contribution in [-0.2, 0) is 0 Å². The van der Waals surface area contributed by atoms with Crippen molar-refractivity contribution < 1.29 is 4.74 Å². The van der Waals surface area contributed by atoms with Crippen molar-refractivity contribution in [1.82, 2.24) is 9.80 Å². The lowest BCUT2D eigenvalue weighted by Gasteiger charge is -2.45. The van der Waals surface area contributed by atoms with E-state index < -0.39 is 0 Å². The average Bonchev–Trinajstić information content (AvgIpc) is 2.84. The molecule has 0 spiro atoms. The Morgan fingerprint density at radius 3 is 2.88 bits per heavy atom. The molecule has 2 fully saturated rings. The summed E-state index contributed by atoms with van der Waals surface area (Å²) in [4.78, 5) is 10.2. The van der Waals surface area contributed by atoms with Crippen molar-refractivity contribution in [2.24, 2.45) is 4.99 Å². The molecule has 2 saturated heterocycles. The van der Waals surface area contributed by atoms with E-state index in [9.17, 15) is 0 Å². The van der Waals surface area contributed by atoms with Gasteiger partial charge >= 0.3 is 0 Å². The number of piperazine rings is 1. The van der Waals surface area contributed by atoms with E-state index in [-0.39, 0.29) is 0 Å². The normalized spacial score (nSPS) is 22.4. The van der Waals surface area contributed by atoms with Crippen LogP contribution >= 0.6 is 0 Å². The van der Waals surface area contributed by atoms with E-state index in [1.165, 1.54) is 31.4 Å². The standard InChI is InChI=1S/C22H25N3O/c1-16-9-10-21-19(14-16)23-22(18-7-2-3-8-20(18)26-21)25-13-12-24-11-5-4-6-17(24)15-25/h2-3,7-10,14,17H,4-6,11-13,15H2,1H3. The van der Waals surface area contributed by atoms with Gasteiger partial charge in [0.1, 0.15) is 17.3 Å². The Kier molecular flexibility index (Phi) is 3.93. The van der Waals surface area contributed by atoms with Gasteiger partial charge in [0.15, 0.2) is 5.75 Å². The van der Waals surface area contributed by atoms with Gasteiger partial charge in [-0.2, -0.15) is 0 Å². The molecular formula is C22H25N3O. The lowest BCUT2D eigenvalue weighted by Crippen LogP contribution is -2.56. The maximum absolute atomic E-state index is 6.23. The smallest absolute Gasteiger partial charge is 0.153 e. The summed E-state index contributed by atoms with van der Waals surface area (Å²) in [5.41, 5.74) is 3.24. The summed E-state index contributed by atoms with van der Waals surface area (Å²) in [6, 6.07) is 15.2. The van der Waals surface area contributed by atoms with E-state index in [0.717, 1.165) is 48.2 Å². The van der Waals surface area contributed by atoms with Crippen LogP contribution in [-0.4, -0.2) is 47.9 Å². The second-order valence-electron chi connectivity index (χ2n) is 7.64. The predicted octanol–water partition coefficient (Wildman–Crippen LogP) is 4.35. The Balaban J connectivity index is 1.57. The van der Waals surface area contributed by atoms with Crippen LogP contribution in [0.2, 0.25) is 0 Å². The maximum atomic E-state index is 6.23. The molecule has 4 nitrogen and oxygen atoms in total. The molecule has 1 atom stereocenters. The minimum absolute atomic E-state index is 0.661. The number of benzene rings is 2. The van der Waals surface area contributed by atoms with E-state index in [4.69, 9.17) is 9.73 Å². The zero-order chi connectivity index (χ0) is 17.5. The molecule has 3 aliphatic rings. The van der Waals surface area contributed by atoms with Crippen molar-refractivity contribution in [2.45, 2.75) is 32.2 Å². The molecule has 2 aromatic carbocycles. The zero-order valence-electron chi connectivity index (χ0n) is 15.3. The van der Waals surface area contributed by atoms with Crippen LogP contribution in [0.1, 0.15) is 30.4 Å². The van der Waals surface area contributed by atoms with Crippen LogP contribution < -0.4 is 4.74 Å². The Labute approximate surface area is 155 Å². The number of nitrogens with zero attached hydrogens (tertiary/aromatic N) is 3. The van der Waals surface area contributed by atoms with Crippen LogP contribution in [0, 0.1) is 6.92 Å². The van der Waals surface area contributed by atoms with Gasteiger partial charge in [0.2, 0.25) is 0 Å². The number of ether oxygens (including phenoxy) is 1. The third-order valence-corrected chi connectivity index (χ3v) is 5.83. The molecule has 3 heterocycles. The summed E-state index contributed by atoms with van der Waals surface area (Å²) in [7, 11) is 0. The molecule has 4 heteroatoms. The molecule has 3 aliphatic heterocycles. The fourth-order valence-corrected chi connectivity index (χ4v) is 4.42.